The number of ether oxygens (including phenoxy) is 1. The zero-order valence-electron chi connectivity index (χ0n) is 16.4. The van der Waals surface area contributed by atoms with Crippen molar-refractivity contribution in [2.24, 2.45) is 0 Å². The van der Waals surface area contributed by atoms with Crippen LogP contribution in [0.1, 0.15) is 24.2 Å². The first kappa shape index (κ1) is 21.8. The summed E-state index contributed by atoms with van der Waals surface area (Å²) < 4.78 is 66.9. The summed E-state index contributed by atoms with van der Waals surface area (Å²) in [5.41, 5.74) is -0.886. The van der Waals surface area contributed by atoms with E-state index in [1.807, 2.05) is 0 Å². The lowest BCUT2D eigenvalue weighted by atomic mass is 10.1. The van der Waals surface area contributed by atoms with Gasteiger partial charge in [-0.1, -0.05) is 6.07 Å². The number of nitro groups is 1. The van der Waals surface area contributed by atoms with Gasteiger partial charge in [-0.05, 0) is 42.8 Å². The highest BCUT2D eigenvalue weighted by Gasteiger charge is 2.50. The van der Waals surface area contributed by atoms with Crippen LogP contribution in [0.5, 0.6) is 11.5 Å². The Morgan fingerprint density at radius 3 is 2.29 bits per heavy atom. The van der Waals surface area contributed by atoms with Crippen molar-refractivity contribution in [2.45, 2.75) is 19.2 Å². The minimum atomic E-state index is -4.58. The summed E-state index contributed by atoms with van der Waals surface area (Å²) in [4.78, 5) is 10.7. The predicted octanol–water partition coefficient (Wildman–Crippen LogP) is 5.22. The molecule has 4 rings (SSSR count). The summed E-state index contributed by atoms with van der Waals surface area (Å²) in [6.45, 7) is 4.35. The predicted molar refractivity (Wildman–Crippen MR) is 105 cm³/mol. The summed E-state index contributed by atoms with van der Waals surface area (Å²) in [5, 5.41) is 11.4. The number of benzene rings is 2. The van der Waals surface area contributed by atoms with E-state index in [0.29, 0.717) is 31.7 Å². The van der Waals surface area contributed by atoms with Crippen LogP contribution >= 0.6 is 7.67 Å². The molecule has 2 fully saturated rings. The van der Waals surface area contributed by atoms with Gasteiger partial charge in [0.15, 0.2) is 0 Å². The molecular weight excluding hydrogens is 438 g/mol. The second-order valence-corrected chi connectivity index (χ2v) is 9.58. The van der Waals surface area contributed by atoms with Gasteiger partial charge in [0.1, 0.15) is 5.75 Å². The Hall–Kier alpha value is -2.46. The zero-order chi connectivity index (χ0) is 22.4. The highest BCUT2D eigenvalue weighted by molar-refractivity contribution is 7.54. The molecule has 0 N–H and O–H groups in total. The second kappa shape index (κ2) is 7.90. The van der Waals surface area contributed by atoms with Crippen LogP contribution in [0.15, 0.2) is 42.5 Å². The summed E-state index contributed by atoms with van der Waals surface area (Å²) in [7, 11) is -3.13. The van der Waals surface area contributed by atoms with Crippen molar-refractivity contribution in [2.75, 3.05) is 26.2 Å². The molecule has 2 aliphatic rings. The molecule has 1 atom stereocenters. The quantitative estimate of drug-likeness (QED) is 0.232. The van der Waals surface area contributed by atoms with E-state index in [9.17, 15) is 27.9 Å². The molecule has 1 unspecified atom stereocenters. The fraction of sp³-hybridized carbons (Fsp3) is 0.368. The van der Waals surface area contributed by atoms with Crippen LogP contribution in [-0.2, 0) is 15.3 Å². The third kappa shape index (κ3) is 4.74. The average molecular weight is 457 g/mol. The van der Waals surface area contributed by atoms with Gasteiger partial charge < -0.3 is 4.74 Å². The molecule has 2 saturated heterocycles. The molecule has 0 amide bonds. The fourth-order valence-electron chi connectivity index (χ4n) is 3.05. The van der Waals surface area contributed by atoms with Crippen molar-refractivity contribution < 1.29 is 31.9 Å². The van der Waals surface area contributed by atoms with Gasteiger partial charge in [-0.15, -0.1) is 0 Å². The van der Waals surface area contributed by atoms with Gasteiger partial charge in [0.05, 0.1) is 16.6 Å². The Morgan fingerprint density at radius 1 is 1.10 bits per heavy atom. The molecule has 166 valence electrons. The molecule has 31 heavy (non-hydrogen) atoms. The normalized spacial score (nSPS) is 17.9. The monoisotopic (exact) mass is 457 g/mol. The maximum atomic E-state index is 13.2. The van der Waals surface area contributed by atoms with Crippen LogP contribution in [0.25, 0.3) is 0 Å². The van der Waals surface area contributed by atoms with Crippen molar-refractivity contribution in [3.8, 4) is 11.5 Å². The molecule has 2 aromatic carbocycles. The lowest BCUT2D eigenvalue weighted by Gasteiger charge is -2.24. The SMILES string of the molecule is CC(OP(=O)(N1CC1)N1CC1)c1ccc([N+](=O)[O-])c(Oc2cccc(C(F)(F)F)c2)c1. The Balaban J connectivity index is 1.61. The number of hydrogen-bond acceptors (Lipinski definition) is 5. The van der Waals surface area contributed by atoms with Gasteiger partial charge in [-0.25, -0.2) is 9.34 Å². The zero-order valence-corrected chi connectivity index (χ0v) is 17.3. The maximum Gasteiger partial charge on any atom is 0.416 e. The first-order chi connectivity index (χ1) is 14.6. The van der Waals surface area contributed by atoms with Gasteiger partial charge in [0.25, 0.3) is 0 Å². The molecule has 0 saturated carbocycles. The van der Waals surface area contributed by atoms with Crippen molar-refractivity contribution in [3.05, 3.63) is 63.7 Å². The van der Waals surface area contributed by atoms with Gasteiger partial charge in [0, 0.05) is 32.2 Å². The minimum Gasteiger partial charge on any atom is -0.450 e. The van der Waals surface area contributed by atoms with Gasteiger partial charge in [0.2, 0.25) is 5.75 Å². The Labute approximate surface area is 175 Å². The first-order valence-corrected chi connectivity index (χ1v) is 11.0. The summed E-state index contributed by atoms with van der Waals surface area (Å²) in [5.74, 6) is -0.423. The minimum absolute atomic E-state index is 0.192. The summed E-state index contributed by atoms with van der Waals surface area (Å²) in [6.07, 6.45) is -5.26. The molecule has 0 aromatic heterocycles. The number of hydrogen-bond donors (Lipinski definition) is 0. The number of halogens is 3. The van der Waals surface area contributed by atoms with Crippen LogP contribution < -0.4 is 4.74 Å². The molecule has 2 aliphatic heterocycles. The lowest BCUT2D eigenvalue weighted by molar-refractivity contribution is -0.385. The molecule has 0 spiro atoms. The smallest absolute Gasteiger partial charge is 0.416 e. The Bertz CT molecular complexity index is 1040. The van der Waals surface area contributed by atoms with Crippen molar-refractivity contribution in [1.82, 2.24) is 9.34 Å². The van der Waals surface area contributed by atoms with Crippen LogP contribution in [0, 0.1) is 10.1 Å². The van der Waals surface area contributed by atoms with Crippen molar-refractivity contribution in [1.29, 1.82) is 0 Å². The Morgan fingerprint density at radius 2 is 1.74 bits per heavy atom. The molecular formula is C19H19F3N3O5P. The van der Waals surface area contributed by atoms with E-state index in [0.717, 1.165) is 18.2 Å². The highest BCUT2D eigenvalue weighted by atomic mass is 31.2. The molecule has 2 heterocycles. The maximum absolute atomic E-state index is 13.2. The van der Waals surface area contributed by atoms with E-state index in [2.05, 4.69) is 0 Å². The molecule has 12 heteroatoms. The first-order valence-electron chi connectivity index (χ1n) is 9.51. The standard InChI is InChI=1S/C19H19F3N3O5P/c1-13(30-31(28,23-7-8-23)24-9-10-24)14-5-6-17(25(26)27)18(11-14)29-16-4-2-3-15(12-16)19(20,21)22/h2-6,11-13H,7-10H2,1H3. The number of alkyl halides is 3. The summed E-state index contributed by atoms with van der Waals surface area (Å²) in [6, 6.07) is 8.06. The van der Waals surface area contributed by atoms with E-state index < -0.39 is 36.1 Å². The van der Waals surface area contributed by atoms with Crippen LogP contribution in [-0.4, -0.2) is 40.4 Å². The largest absolute Gasteiger partial charge is 0.450 e. The van der Waals surface area contributed by atoms with Crippen LogP contribution in [0.2, 0.25) is 0 Å². The average Bonchev–Trinajstić information content (AvgIpc) is 3.59. The molecule has 0 aliphatic carbocycles. The summed E-state index contributed by atoms with van der Waals surface area (Å²) >= 11 is 0. The van der Waals surface area contributed by atoms with E-state index in [1.54, 1.807) is 16.3 Å². The van der Waals surface area contributed by atoms with E-state index in [-0.39, 0.29) is 11.5 Å². The third-order valence-corrected chi connectivity index (χ3v) is 7.72. The number of nitrogens with zero attached hydrogens (tertiary/aromatic N) is 3. The van der Waals surface area contributed by atoms with E-state index in [4.69, 9.17) is 9.26 Å². The van der Waals surface area contributed by atoms with E-state index in [1.165, 1.54) is 24.3 Å². The third-order valence-electron chi connectivity index (χ3n) is 4.90. The lowest BCUT2D eigenvalue weighted by Crippen LogP contribution is -2.10. The van der Waals surface area contributed by atoms with Crippen molar-refractivity contribution in [3.63, 3.8) is 0 Å². The van der Waals surface area contributed by atoms with Gasteiger partial charge >= 0.3 is 19.5 Å². The highest BCUT2D eigenvalue weighted by Crippen LogP contribution is 2.63. The van der Waals surface area contributed by atoms with Gasteiger partial charge in [-0.3, -0.25) is 19.2 Å². The molecule has 2 aromatic rings. The second-order valence-electron chi connectivity index (χ2n) is 7.26. The van der Waals surface area contributed by atoms with Crippen molar-refractivity contribution >= 4 is 13.4 Å². The molecule has 0 bridgehead atoms. The number of rotatable bonds is 8. The molecule has 8 nitrogen and oxygen atoms in total. The fourth-order valence-corrected chi connectivity index (χ4v) is 5.40. The van der Waals surface area contributed by atoms with E-state index >= 15 is 0 Å². The topological polar surface area (TPSA) is 84.7 Å². The molecule has 0 radical (unpaired) electrons. The number of nitro benzene ring substituents is 1. The van der Waals surface area contributed by atoms with Gasteiger partial charge in [-0.2, -0.15) is 13.2 Å². The van der Waals surface area contributed by atoms with Crippen LogP contribution in [0.3, 0.4) is 0 Å². The Kier molecular flexibility index (Phi) is 5.55. The van der Waals surface area contributed by atoms with Crippen LogP contribution in [0.4, 0.5) is 18.9 Å².